The zero-order valence-electron chi connectivity index (χ0n) is 17.1. The number of fused-ring (bicyclic) bond motifs is 1. The van der Waals surface area contributed by atoms with Crippen LogP contribution in [0.5, 0.6) is 5.75 Å². The van der Waals surface area contributed by atoms with Crippen molar-refractivity contribution in [1.29, 1.82) is 0 Å². The Morgan fingerprint density at radius 1 is 1.18 bits per heavy atom. The van der Waals surface area contributed by atoms with Gasteiger partial charge >= 0.3 is 5.97 Å². The van der Waals surface area contributed by atoms with Gasteiger partial charge in [0.15, 0.2) is 0 Å². The highest BCUT2D eigenvalue weighted by Gasteiger charge is 2.43. The summed E-state index contributed by atoms with van der Waals surface area (Å²) in [6.07, 6.45) is 1.85. The Morgan fingerprint density at radius 3 is 2.54 bits per heavy atom. The van der Waals surface area contributed by atoms with Crippen LogP contribution in [0.3, 0.4) is 0 Å². The second kappa shape index (κ2) is 8.49. The molecular weight excluding hydrogens is 358 g/mol. The first kappa shape index (κ1) is 20.6. The maximum absolute atomic E-state index is 12.2. The van der Waals surface area contributed by atoms with Gasteiger partial charge in [0.25, 0.3) is 0 Å². The summed E-state index contributed by atoms with van der Waals surface area (Å²) in [4.78, 5) is 30.1. The summed E-state index contributed by atoms with van der Waals surface area (Å²) >= 11 is 0. The SMILES string of the molecule is CN(C)CC(=O)N1CCC(COc2ccc3c(c2)CN(C)CC3)(C(=O)O)CC1. The lowest BCUT2D eigenvalue weighted by Gasteiger charge is -2.39. The van der Waals surface area contributed by atoms with Crippen molar-refractivity contribution in [2.75, 3.05) is 53.9 Å². The maximum atomic E-state index is 12.2. The number of hydrogen-bond acceptors (Lipinski definition) is 5. The molecule has 1 aromatic rings. The Balaban J connectivity index is 1.62. The van der Waals surface area contributed by atoms with E-state index in [2.05, 4.69) is 18.0 Å². The molecule has 1 saturated heterocycles. The van der Waals surface area contributed by atoms with E-state index in [1.807, 2.05) is 31.1 Å². The molecule has 0 unspecified atom stereocenters. The summed E-state index contributed by atoms with van der Waals surface area (Å²) in [5, 5.41) is 9.87. The third kappa shape index (κ3) is 4.64. The Bertz CT molecular complexity index is 726. The molecule has 7 heteroatoms. The number of carboxylic acids is 1. The van der Waals surface area contributed by atoms with Crippen LogP contribution < -0.4 is 4.74 Å². The van der Waals surface area contributed by atoms with Crippen molar-refractivity contribution in [3.8, 4) is 5.75 Å². The topological polar surface area (TPSA) is 73.3 Å². The van der Waals surface area contributed by atoms with Gasteiger partial charge in [0, 0.05) is 26.2 Å². The molecule has 3 rings (SSSR count). The summed E-state index contributed by atoms with van der Waals surface area (Å²) in [5.74, 6) is -0.0746. The van der Waals surface area contributed by atoms with Crippen LogP contribution in [0.15, 0.2) is 18.2 Å². The largest absolute Gasteiger partial charge is 0.492 e. The average Bonchev–Trinajstić information content (AvgIpc) is 2.65. The first-order valence-electron chi connectivity index (χ1n) is 9.88. The zero-order chi connectivity index (χ0) is 20.3. The number of likely N-dealkylation sites (N-methyl/N-ethyl adjacent to an activating group) is 2. The van der Waals surface area contributed by atoms with Crippen molar-refractivity contribution in [2.24, 2.45) is 5.41 Å². The van der Waals surface area contributed by atoms with Crippen LogP contribution in [-0.4, -0.2) is 85.6 Å². The first-order chi connectivity index (χ1) is 13.3. The van der Waals surface area contributed by atoms with Gasteiger partial charge in [-0.05, 0) is 63.7 Å². The fourth-order valence-electron chi connectivity index (χ4n) is 3.96. The monoisotopic (exact) mass is 389 g/mol. The standard InChI is InChI=1S/C21H31N3O4/c1-22(2)14-19(25)24-10-7-21(8-11-24,20(26)27)15-28-18-5-4-16-6-9-23(3)13-17(16)12-18/h4-5,12H,6-11,13-15H2,1-3H3,(H,26,27). The highest BCUT2D eigenvalue weighted by molar-refractivity contribution is 5.79. The van der Waals surface area contributed by atoms with Gasteiger partial charge in [-0.3, -0.25) is 9.59 Å². The number of carboxylic acid groups (broad SMARTS) is 1. The Kier molecular flexibility index (Phi) is 6.25. The maximum Gasteiger partial charge on any atom is 0.313 e. The number of amides is 1. The van der Waals surface area contributed by atoms with E-state index in [0.29, 0.717) is 32.5 Å². The van der Waals surface area contributed by atoms with Crippen LogP contribution in [0.25, 0.3) is 0 Å². The molecule has 1 N–H and O–H groups in total. The molecule has 0 aliphatic carbocycles. The van der Waals surface area contributed by atoms with Gasteiger partial charge in [-0.1, -0.05) is 6.07 Å². The Morgan fingerprint density at radius 2 is 1.89 bits per heavy atom. The molecule has 7 nitrogen and oxygen atoms in total. The van der Waals surface area contributed by atoms with Crippen LogP contribution in [0.4, 0.5) is 0 Å². The number of carbonyl (C=O) groups is 2. The number of hydrogen-bond donors (Lipinski definition) is 1. The number of ether oxygens (including phenoxy) is 1. The van der Waals surface area contributed by atoms with Gasteiger partial charge in [-0.15, -0.1) is 0 Å². The van der Waals surface area contributed by atoms with Gasteiger partial charge in [0.05, 0.1) is 6.54 Å². The van der Waals surface area contributed by atoms with E-state index >= 15 is 0 Å². The number of nitrogens with zero attached hydrogens (tertiary/aromatic N) is 3. The molecule has 154 valence electrons. The summed E-state index contributed by atoms with van der Waals surface area (Å²) < 4.78 is 5.96. The van der Waals surface area contributed by atoms with Crippen molar-refractivity contribution in [3.05, 3.63) is 29.3 Å². The van der Waals surface area contributed by atoms with E-state index in [1.54, 1.807) is 4.90 Å². The highest BCUT2D eigenvalue weighted by atomic mass is 16.5. The summed E-state index contributed by atoms with van der Waals surface area (Å²) in [6.45, 7) is 3.33. The lowest BCUT2D eigenvalue weighted by Crippen LogP contribution is -2.50. The van der Waals surface area contributed by atoms with E-state index in [0.717, 1.165) is 25.3 Å². The third-order valence-electron chi connectivity index (χ3n) is 5.87. The fraction of sp³-hybridized carbons (Fsp3) is 0.619. The molecule has 0 spiro atoms. The molecule has 1 aromatic carbocycles. The number of carbonyl (C=O) groups excluding carboxylic acids is 1. The smallest absolute Gasteiger partial charge is 0.313 e. The van der Waals surface area contributed by atoms with Crippen molar-refractivity contribution in [1.82, 2.24) is 14.7 Å². The van der Waals surface area contributed by atoms with Gasteiger partial charge in [-0.25, -0.2) is 0 Å². The predicted octanol–water partition coefficient (Wildman–Crippen LogP) is 1.31. The minimum absolute atomic E-state index is 0.0451. The van der Waals surface area contributed by atoms with Crippen molar-refractivity contribution < 1.29 is 19.4 Å². The zero-order valence-corrected chi connectivity index (χ0v) is 17.1. The van der Waals surface area contributed by atoms with Crippen LogP contribution >= 0.6 is 0 Å². The fourth-order valence-corrected chi connectivity index (χ4v) is 3.96. The van der Waals surface area contributed by atoms with E-state index < -0.39 is 11.4 Å². The summed E-state index contributed by atoms with van der Waals surface area (Å²) in [5.41, 5.74) is 1.65. The van der Waals surface area contributed by atoms with Crippen LogP contribution in [0.2, 0.25) is 0 Å². The van der Waals surface area contributed by atoms with Gasteiger partial charge in [-0.2, -0.15) is 0 Å². The molecule has 2 heterocycles. The molecule has 0 aromatic heterocycles. The molecule has 2 aliphatic rings. The first-order valence-corrected chi connectivity index (χ1v) is 9.88. The molecule has 0 saturated carbocycles. The van der Waals surface area contributed by atoms with Crippen LogP contribution in [-0.2, 0) is 22.6 Å². The van der Waals surface area contributed by atoms with Crippen molar-refractivity contribution in [2.45, 2.75) is 25.8 Å². The summed E-state index contributed by atoms with van der Waals surface area (Å²) in [7, 11) is 5.81. The van der Waals surface area contributed by atoms with E-state index in [1.165, 1.54) is 11.1 Å². The second-order valence-electron chi connectivity index (χ2n) is 8.41. The van der Waals surface area contributed by atoms with Crippen molar-refractivity contribution in [3.63, 3.8) is 0 Å². The second-order valence-corrected chi connectivity index (χ2v) is 8.41. The third-order valence-corrected chi connectivity index (χ3v) is 5.87. The van der Waals surface area contributed by atoms with E-state index in [4.69, 9.17) is 4.74 Å². The lowest BCUT2D eigenvalue weighted by molar-refractivity contribution is -0.156. The van der Waals surface area contributed by atoms with Crippen molar-refractivity contribution >= 4 is 11.9 Å². The lowest BCUT2D eigenvalue weighted by atomic mass is 9.79. The van der Waals surface area contributed by atoms with E-state index in [-0.39, 0.29) is 12.5 Å². The number of benzene rings is 1. The summed E-state index contributed by atoms with van der Waals surface area (Å²) in [6, 6.07) is 6.07. The van der Waals surface area contributed by atoms with Crippen LogP contribution in [0, 0.1) is 5.41 Å². The molecule has 1 amide bonds. The minimum Gasteiger partial charge on any atom is -0.492 e. The predicted molar refractivity (Wildman–Crippen MR) is 106 cm³/mol. The molecule has 0 radical (unpaired) electrons. The van der Waals surface area contributed by atoms with Gasteiger partial charge in [0.1, 0.15) is 17.8 Å². The molecule has 0 atom stereocenters. The number of aliphatic carboxylic acids is 1. The normalized spacial score (nSPS) is 19.4. The molecule has 28 heavy (non-hydrogen) atoms. The van der Waals surface area contributed by atoms with Crippen LogP contribution in [0.1, 0.15) is 24.0 Å². The number of likely N-dealkylation sites (tertiary alicyclic amines) is 1. The average molecular weight is 389 g/mol. The minimum atomic E-state index is -0.943. The molecule has 0 bridgehead atoms. The Hall–Kier alpha value is -2.12. The molecule has 1 fully saturated rings. The van der Waals surface area contributed by atoms with Gasteiger partial charge < -0.3 is 24.5 Å². The van der Waals surface area contributed by atoms with E-state index in [9.17, 15) is 14.7 Å². The quantitative estimate of drug-likeness (QED) is 0.791. The molecular formula is C21H31N3O4. The highest BCUT2D eigenvalue weighted by Crippen LogP contribution is 2.33. The van der Waals surface area contributed by atoms with Gasteiger partial charge in [0.2, 0.25) is 5.91 Å². The molecule has 2 aliphatic heterocycles. The number of rotatable bonds is 6. The Labute approximate surface area is 166 Å². The number of piperidine rings is 1.